The zero-order chi connectivity index (χ0) is 37.7. The SMILES string of the molecule is CC1CCC(c2cc3c(-c4ccc(C(C)C)cc4)cccc3[cH-]2)CC1.C[Si]C.Cc1cc2c(-c3ccc(C4CCCCC4)cc3)cccc2[cH-]1.[Cl][Zr+2][Cl]. The van der Waals surface area contributed by atoms with Gasteiger partial charge in [0.2, 0.25) is 0 Å². The first-order chi connectivity index (χ1) is 25.8. The summed E-state index contributed by atoms with van der Waals surface area (Å²) in [5, 5.41) is 5.56. The summed E-state index contributed by atoms with van der Waals surface area (Å²) in [6, 6.07) is 41.4. The van der Waals surface area contributed by atoms with E-state index in [9.17, 15) is 0 Å². The third-order valence-corrected chi connectivity index (χ3v) is 11.3. The third-order valence-electron chi connectivity index (χ3n) is 11.3. The maximum absolute atomic E-state index is 4.93. The molecule has 0 spiro atoms. The van der Waals surface area contributed by atoms with Gasteiger partial charge < -0.3 is 0 Å². The fraction of sp³-hybridized carbons (Fsp3) is 0.388. The summed E-state index contributed by atoms with van der Waals surface area (Å²) >= 11 is -0.826. The predicted molar refractivity (Wildman–Crippen MR) is 234 cm³/mol. The van der Waals surface area contributed by atoms with E-state index in [1.165, 1.54) is 118 Å². The second kappa shape index (κ2) is 21.2. The van der Waals surface area contributed by atoms with Crippen LogP contribution in [-0.4, -0.2) is 9.52 Å². The van der Waals surface area contributed by atoms with Crippen LogP contribution in [0.1, 0.15) is 119 Å². The Balaban J connectivity index is 0.000000179. The molecule has 0 amide bonds. The van der Waals surface area contributed by atoms with Crippen molar-refractivity contribution < 1.29 is 20.8 Å². The molecule has 0 aromatic heterocycles. The fourth-order valence-corrected chi connectivity index (χ4v) is 8.39. The van der Waals surface area contributed by atoms with Gasteiger partial charge in [-0.1, -0.05) is 145 Å². The first kappa shape index (κ1) is 41.9. The van der Waals surface area contributed by atoms with Crippen molar-refractivity contribution in [3.05, 3.63) is 131 Å². The minimum atomic E-state index is -0.826. The van der Waals surface area contributed by atoms with Crippen LogP contribution in [0.5, 0.6) is 0 Å². The molecule has 0 saturated heterocycles. The molecule has 276 valence electrons. The van der Waals surface area contributed by atoms with E-state index in [0.717, 1.165) is 27.3 Å². The number of halogens is 2. The number of hydrogen-bond acceptors (Lipinski definition) is 0. The van der Waals surface area contributed by atoms with Crippen molar-refractivity contribution in [2.45, 2.75) is 116 Å². The van der Waals surface area contributed by atoms with E-state index in [1.807, 2.05) is 0 Å². The van der Waals surface area contributed by atoms with Gasteiger partial charge in [0.1, 0.15) is 0 Å². The first-order valence-electron chi connectivity index (χ1n) is 19.9. The minimum absolute atomic E-state index is 0.587. The van der Waals surface area contributed by atoms with Crippen LogP contribution in [0.2, 0.25) is 13.1 Å². The summed E-state index contributed by atoms with van der Waals surface area (Å²) in [6.07, 6.45) is 12.5. The van der Waals surface area contributed by atoms with Gasteiger partial charge in [-0.15, -0.1) is 69.1 Å². The Kier molecular flexibility index (Phi) is 16.8. The van der Waals surface area contributed by atoms with E-state index in [0.29, 0.717) is 5.92 Å². The van der Waals surface area contributed by atoms with Crippen molar-refractivity contribution >= 4 is 48.1 Å². The van der Waals surface area contributed by atoms with E-state index in [2.05, 4.69) is 150 Å². The topological polar surface area (TPSA) is 0 Å². The maximum atomic E-state index is 4.93. The number of hydrogen-bond donors (Lipinski definition) is 0. The van der Waals surface area contributed by atoms with E-state index in [1.54, 1.807) is 5.56 Å². The quantitative estimate of drug-likeness (QED) is 0.120. The van der Waals surface area contributed by atoms with E-state index in [-0.39, 0.29) is 0 Å². The molecular formula is C49H58Cl2SiZr. The summed E-state index contributed by atoms with van der Waals surface area (Å²) in [4.78, 5) is 0. The molecule has 6 aromatic carbocycles. The molecule has 0 atom stereocenters. The van der Waals surface area contributed by atoms with Crippen LogP contribution in [0.25, 0.3) is 43.8 Å². The summed E-state index contributed by atoms with van der Waals surface area (Å²) < 4.78 is 0. The van der Waals surface area contributed by atoms with Gasteiger partial charge in [-0.25, -0.2) is 0 Å². The van der Waals surface area contributed by atoms with E-state index >= 15 is 0 Å². The van der Waals surface area contributed by atoms with Gasteiger partial charge in [-0.2, -0.15) is 12.1 Å². The Bertz CT molecular complexity index is 1950. The van der Waals surface area contributed by atoms with Crippen molar-refractivity contribution in [2.75, 3.05) is 0 Å². The molecule has 8 rings (SSSR count). The molecule has 0 nitrogen and oxygen atoms in total. The van der Waals surface area contributed by atoms with Gasteiger partial charge in [0, 0.05) is 9.52 Å². The Morgan fingerprint density at radius 3 is 1.70 bits per heavy atom. The summed E-state index contributed by atoms with van der Waals surface area (Å²) in [5.74, 6) is 3.05. The number of aryl methyl sites for hydroxylation is 1. The van der Waals surface area contributed by atoms with Crippen molar-refractivity contribution in [2.24, 2.45) is 5.92 Å². The summed E-state index contributed by atoms with van der Waals surface area (Å²) in [6.45, 7) is 13.4. The normalized spacial score (nSPS) is 17.2. The molecule has 0 unspecified atom stereocenters. The summed E-state index contributed by atoms with van der Waals surface area (Å²) in [5.41, 5.74) is 11.3. The van der Waals surface area contributed by atoms with Crippen LogP contribution >= 0.6 is 17.0 Å². The first-order valence-corrected chi connectivity index (χ1v) is 28.2. The molecule has 2 aliphatic carbocycles. The van der Waals surface area contributed by atoms with Crippen LogP contribution < -0.4 is 0 Å². The molecule has 6 aromatic rings. The van der Waals surface area contributed by atoms with Crippen LogP contribution in [0, 0.1) is 12.8 Å². The Hall–Kier alpha value is -2.22. The molecule has 0 N–H and O–H groups in total. The van der Waals surface area contributed by atoms with Crippen molar-refractivity contribution in [3.63, 3.8) is 0 Å². The van der Waals surface area contributed by atoms with Crippen LogP contribution in [0.4, 0.5) is 0 Å². The second-order valence-corrected chi connectivity index (χ2v) is 20.4. The second-order valence-electron chi connectivity index (χ2n) is 15.7. The molecular weight excluding hydrogens is 779 g/mol. The number of fused-ring (bicyclic) bond motifs is 2. The molecule has 2 fully saturated rings. The molecule has 4 heteroatoms. The van der Waals surface area contributed by atoms with Crippen molar-refractivity contribution in [3.8, 4) is 22.3 Å². The fourth-order valence-electron chi connectivity index (χ4n) is 8.39. The monoisotopic (exact) mass is 834 g/mol. The van der Waals surface area contributed by atoms with Gasteiger partial charge in [-0.3, -0.25) is 0 Å². The average molecular weight is 837 g/mol. The molecule has 2 aliphatic rings. The Morgan fingerprint density at radius 2 is 1.15 bits per heavy atom. The molecule has 2 saturated carbocycles. The van der Waals surface area contributed by atoms with Gasteiger partial charge in [-0.05, 0) is 71.6 Å². The molecule has 2 radical (unpaired) electrons. The standard InChI is InChI=1S/C25H29.C22H23.C2H6Si.2ClH.Zr/c1-17(2)19-11-13-21(14-12-19)24-6-4-5-22-15-23(16-25(22)24)20-9-7-18(3)8-10-20;1-16-14-20-8-5-9-21(22(20)15-16)19-12-10-18(11-13-19)17-6-3-2-4-7-17;1-3-2;;;/h4-6,11-18,20H,7-10H2,1-3H3;5,8-15,17H,2-4,6-7H2,1H3;1-2H3;2*1H;/q2*-1;;;;+4/p-2. The van der Waals surface area contributed by atoms with Crippen LogP contribution in [0.15, 0.2) is 109 Å². The Morgan fingerprint density at radius 1 is 0.642 bits per heavy atom. The molecule has 0 aliphatic heterocycles. The van der Waals surface area contributed by atoms with E-state index in [4.69, 9.17) is 17.0 Å². The number of rotatable bonds is 5. The molecule has 53 heavy (non-hydrogen) atoms. The predicted octanol–water partition coefficient (Wildman–Crippen LogP) is 16.4. The zero-order valence-electron chi connectivity index (χ0n) is 32.8. The number of benzene rings is 4. The third kappa shape index (κ3) is 11.4. The summed E-state index contributed by atoms with van der Waals surface area (Å²) in [7, 11) is 11.0. The van der Waals surface area contributed by atoms with Gasteiger partial charge in [0.05, 0.1) is 0 Å². The zero-order valence-corrected chi connectivity index (χ0v) is 37.8. The van der Waals surface area contributed by atoms with Crippen LogP contribution in [0.3, 0.4) is 0 Å². The van der Waals surface area contributed by atoms with E-state index < -0.39 is 20.8 Å². The molecule has 0 heterocycles. The van der Waals surface area contributed by atoms with Crippen molar-refractivity contribution in [1.29, 1.82) is 0 Å². The van der Waals surface area contributed by atoms with Gasteiger partial charge >= 0.3 is 37.9 Å². The Labute approximate surface area is 342 Å². The average Bonchev–Trinajstić information content (AvgIpc) is 3.80. The van der Waals surface area contributed by atoms with Crippen molar-refractivity contribution in [1.82, 2.24) is 0 Å². The molecule has 0 bridgehead atoms. The van der Waals surface area contributed by atoms with Gasteiger partial charge in [0.25, 0.3) is 0 Å². The van der Waals surface area contributed by atoms with Crippen LogP contribution in [-0.2, 0) is 20.8 Å². The van der Waals surface area contributed by atoms with Gasteiger partial charge in [0.15, 0.2) is 0 Å².